The molecular weight excluding hydrogens is 236 g/mol. The van der Waals surface area contributed by atoms with Crippen LogP contribution >= 0.6 is 0 Å². The molecule has 3 nitrogen and oxygen atoms in total. The van der Waals surface area contributed by atoms with Gasteiger partial charge in [0.1, 0.15) is 5.75 Å². The van der Waals surface area contributed by atoms with Crippen LogP contribution in [0, 0.1) is 5.41 Å². The number of rotatable bonds is 2. The Hall–Kier alpha value is -1.38. The smallest absolute Gasteiger partial charge is 0.142 e. The van der Waals surface area contributed by atoms with Gasteiger partial charge in [-0.15, -0.1) is 0 Å². The number of hydrogen-bond acceptors (Lipinski definition) is 3. The third kappa shape index (κ3) is 2.38. The third-order valence-electron chi connectivity index (χ3n) is 4.76. The van der Waals surface area contributed by atoms with Gasteiger partial charge in [-0.2, -0.15) is 0 Å². The standard InChI is InChI=1S/C16H24N2O/c1-19-15-7-6-13(17)10-14(15)18-11-16(12-18)8-4-2-3-5-9-16/h6-7,10H,2-5,8-9,11-12,17H2,1H3. The zero-order valence-electron chi connectivity index (χ0n) is 11.8. The predicted octanol–water partition coefficient (Wildman–Crippen LogP) is 3.44. The van der Waals surface area contributed by atoms with E-state index in [1.54, 1.807) is 7.11 Å². The molecule has 1 aromatic rings. The van der Waals surface area contributed by atoms with Crippen LogP contribution in [0.25, 0.3) is 0 Å². The van der Waals surface area contributed by atoms with Crippen molar-refractivity contribution in [3.8, 4) is 5.75 Å². The van der Waals surface area contributed by atoms with Crippen molar-refractivity contribution >= 4 is 11.4 Å². The molecule has 3 heteroatoms. The molecule has 0 bridgehead atoms. The number of nitrogens with two attached hydrogens (primary N) is 1. The molecule has 19 heavy (non-hydrogen) atoms. The molecule has 2 N–H and O–H groups in total. The van der Waals surface area contributed by atoms with Crippen molar-refractivity contribution in [2.75, 3.05) is 30.8 Å². The lowest BCUT2D eigenvalue weighted by Crippen LogP contribution is -2.56. The molecule has 3 rings (SSSR count). The average molecular weight is 260 g/mol. The zero-order valence-corrected chi connectivity index (χ0v) is 11.8. The quantitative estimate of drug-likeness (QED) is 0.828. The fourth-order valence-electron chi connectivity index (χ4n) is 3.68. The lowest BCUT2D eigenvalue weighted by atomic mass is 9.73. The fraction of sp³-hybridized carbons (Fsp3) is 0.625. The maximum atomic E-state index is 5.91. The van der Waals surface area contributed by atoms with Crippen LogP contribution in [0.15, 0.2) is 18.2 Å². The van der Waals surface area contributed by atoms with Gasteiger partial charge in [0.2, 0.25) is 0 Å². The zero-order chi connectivity index (χ0) is 13.3. The summed E-state index contributed by atoms with van der Waals surface area (Å²) in [5, 5.41) is 0. The minimum absolute atomic E-state index is 0.576. The first-order valence-electron chi connectivity index (χ1n) is 7.41. The van der Waals surface area contributed by atoms with Crippen LogP contribution in [-0.4, -0.2) is 20.2 Å². The molecule has 1 aromatic carbocycles. The minimum Gasteiger partial charge on any atom is -0.495 e. The second kappa shape index (κ2) is 4.95. The van der Waals surface area contributed by atoms with E-state index in [1.165, 1.54) is 51.6 Å². The van der Waals surface area contributed by atoms with E-state index in [-0.39, 0.29) is 0 Å². The van der Waals surface area contributed by atoms with E-state index in [2.05, 4.69) is 4.90 Å². The Morgan fingerprint density at radius 1 is 1.11 bits per heavy atom. The lowest BCUT2D eigenvalue weighted by molar-refractivity contribution is 0.179. The van der Waals surface area contributed by atoms with Gasteiger partial charge in [-0.3, -0.25) is 0 Å². The SMILES string of the molecule is COc1ccc(N)cc1N1CC2(CCCCCC2)C1. The first kappa shape index (κ1) is 12.6. The van der Waals surface area contributed by atoms with Gasteiger partial charge in [0.25, 0.3) is 0 Å². The van der Waals surface area contributed by atoms with Crippen LogP contribution in [0.1, 0.15) is 38.5 Å². The maximum Gasteiger partial charge on any atom is 0.142 e. The van der Waals surface area contributed by atoms with Gasteiger partial charge in [0.05, 0.1) is 12.8 Å². The summed E-state index contributed by atoms with van der Waals surface area (Å²) in [6.07, 6.45) is 8.44. The summed E-state index contributed by atoms with van der Waals surface area (Å²) in [6.45, 7) is 2.35. The fourth-order valence-corrected chi connectivity index (χ4v) is 3.68. The molecule has 0 amide bonds. The molecule has 1 spiro atoms. The second-order valence-corrected chi connectivity index (χ2v) is 6.20. The van der Waals surface area contributed by atoms with Crippen molar-refractivity contribution in [2.45, 2.75) is 38.5 Å². The van der Waals surface area contributed by atoms with E-state index in [9.17, 15) is 0 Å². The maximum absolute atomic E-state index is 5.91. The molecule has 1 aliphatic heterocycles. The lowest BCUT2D eigenvalue weighted by Gasteiger charge is -2.52. The van der Waals surface area contributed by atoms with Crippen molar-refractivity contribution in [2.24, 2.45) is 5.41 Å². The van der Waals surface area contributed by atoms with Crippen molar-refractivity contribution in [3.63, 3.8) is 0 Å². The van der Waals surface area contributed by atoms with Crippen LogP contribution < -0.4 is 15.4 Å². The number of hydrogen-bond donors (Lipinski definition) is 1. The highest BCUT2D eigenvalue weighted by molar-refractivity contribution is 5.66. The first-order chi connectivity index (χ1) is 9.22. The van der Waals surface area contributed by atoms with Crippen LogP contribution in [-0.2, 0) is 0 Å². The van der Waals surface area contributed by atoms with Gasteiger partial charge in [0, 0.05) is 24.2 Å². The number of benzene rings is 1. The second-order valence-electron chi connectivity index (χ2n) is 6.20. The number of anilines is 2. The largest absolute Gasteiger partial charge is 0.495 e. The Balaban J connectivity index is 1.74. The van der Waals surface area contributed by atoms with E-state index in [0.29, 0.717) is 5.41 Å². The summed E-state index contributed by atoms with van der Waals surface area (Å²) in [4.78, 5) is 2.43. The Morgan fingerprint density at radius 2 is 1.79 bits per heavy atom. The van der Waals surface area contributed by atoms with Crippen molar-refractivity contribution in [1.29, 1.82) is 0 Å². The molecule has 1 aliphatic carbocycles. The average Bonchev–Trinajstić information content (AvgIpc) is 2.62. The van der Waals surface area contributed by atoms with Gasteiger partial charge in [-0.25, -0.2) is 0 Å². The van der Waals surface area contributed by atoms with Crippen molar-refractivity contribution in [1.82, 2.24) is 0 Å². The molecule has 1 heterocycles. The van der Waals surface area contributed by atoms with E-state index >= 15 is 0 Å². The molecule has 2 fully saturated rings. The van der Waals surface area contributed by atoms with E-state index in [0.717, 1.165) is 17.1 Å². The van der Waals surface area contributed by atoms with E-state index < -0.39 is 0 Å². The molecule has 0 atom stereocenters. The molecule has 0 unspecified atom stereocenters. The summed E-state index contributed by atoms with van der Waals surface area (Å²) >= 11 is 0. The number of nitrogen functional groups attached to an aromatic ring is 1. The number of ether oxygens (including phenoxy) is 1. The molecule has 104 valence electrons. The predicted molar refractivity (Wildman–Crippen MR) is 79.8 cm³/mol. The number of nitrogens with zero attached hydrogens (tertiary/aromatic N) is 1. The van der Waals surface area contributed by atoms with Crippen molar-refractivity contribution in [3.05, 3.63) is 18.2 Å². The number of methoxy groups -OCH3 is 1. The van der Waals surface area contributed by atoms with Crippen LogP contribution in [0.2, 0.25) is 0 Å². The Bertz CT molecular complexity index is 442. The molecule has 1 saturated carbocycles. The normalized spacial score (nSPS) is 21.8. The Morgan fingerprint density at radius 3 is 2.42 bits per heavy atom. The van der Waals surface area contributed by atoms with Crippen LogP contribution in [0.4, 0.5) is 11.4 Å². The Labute approximate surface area is 115 Å². The van der Waals surface area contributed by atoms with Gasteiger partial charge in [-0.1, -0.05) is 25.7 Å². The topological polar surface area (TPSA) is 38.5 Å². The molecular formula is C16H24N2O. The minimum atomic E-state index is 0.576. The van der Waals surface area contributed by atoms with Gasteiger partial charge < -0.3 is 15.4 Å². The van der Waals surface area contributed by atoms with Crippen LogP contribution in [0.5, 0.6) is 5.75 Å². The molecule has 0 radical (unpaired) electrons. The van der Waals surface area contributed by atoms with Gasteiger partial charge in [-0.05, 0) is 31.0 Å². The summed E-state index contributed by atoms with van der Waals surface area (Å²) in [5.74, 6) is 0.942. The van der Waals surface area contributed by atoms with Crippen LogP contribution in [0.3, 0.4) is 0 Å². The van der Waals surface area contributed by atoms with Crippen molar-refractivity contribution < 1.29 is 4.74 Å². The molecule has 2 aliphatic rings. The monoisotopic (exact) mass is 260 g/mol. The van der Waals surface area contributed by atoms with Gasteiger partial charge in [0.15, 0.2) is 0 Å². The summed E-state index contributed by atoms with van der Waals surface area (Å²) in [6, 6.07) is 5.93. The summed E-state index contributed by atoms with van der Waals surface area (Å²) in [5.41, 5.74) is 8.47. The molecule has 1 saturated heterocycles. The van der Waals surface area contributed by atoms with E-state index in [4.69, 9.17) is 10.5 Å². The highest BCUT2D eigenvalue weighted by atomic mass is 16.5. The van der Waals surface area contributed by atoms with E-state index in [1.807, 2.05) is 18.2 Å². The summed E-state index contributed by atoms with van der Waals surface area (Å²) < 4.78 is 5.46. The highest BCUT2D eigenvalue weighted by Crippen LogP contribution is 2.46. The third-order valence-corrected chi connectivity index (χ3v) is 4.76. The summed E-state index contributed by atoms with van der Waals surface area (Å²) in [7, 11) is 1.73. The van der Waals surface area contributed by atoms with Gasteiger partial charge >= 0.3 is 0 Å². The first-order valence-corrected chi connectivity index (χ1v) is 7.41. The Kier molecular flexibility index (Phi) is 3.29. The highest BCUT2D eigenvalue weighted by Gasteiger charge is 2.43. The molecule has 0 aromatic heterocycles.